The smallest absolute Gasteiger partial charge is 0.309 e. The van der Waals surface area contributed by atoms with Crippen molar-refractivity contribution < 1.29 is 13.9 Å². The van der Waals surface area contributed by atoms with Crippen molar-refractivity contribution in [2.24, 2.45) is 11.8 Å². The van der Waals surface area contributed by atoms with Crippen LogP contribution in [0.25, 0.3) is 11.3 Å². The molecule has 134 valence electrons. The molecule has 25 heavy (non-hydrogen) atoms. The molecule has 2 atom stereocenters. The van der Waals surface area contributed by atoms with Crippen molar-refractivity contribution >= 4 is 11.9 Å². The van der Waals surface area contributed by atoms with E-state index in [9.17, 15) is 4.79 Å². The van der Waals surface area contributed by atoms with Crippen LogP contribution in [-0.2, 0) is 9.53 Å². The van der Waals surface area contributed by atoms with Gasteiger partial charge in [-0.05, 0) is 45.2 Å². The predicted molar refractivity (Wildman–Crippen MR) is 95.1 cm³/mol. The van der Waals surface area contributed by atoms with E-state index in [-0.39, 0.29) is 17.8 Å². The van der Waals surface area contributed by atoms with Gasteiger partial charge in [0.1, 0.15) is 5.60 Å². The average molecular weight is 343 g/mol. The Kier molecular flexibility index (Phi) is 4.79. The minimum atomic E-state index is -0.448. The van der Waals surface area contributed by atoms with Crippen LogP contribution in [0.4, 0.5) is 5.95 Å². The summed E-state index contributed by atoms with van der Waals surface area (Å²) in [7, 11) is 0. The molecule has 0 saturated carbocycles. The third-order valence-corrected chi connectivity index (χ3v) is 4.36. The second-order valence-corrected chi connectivity index (χ2v) is 7.61. The Morgan fingerprint density at radius 3 is 2.80 bits per heavy atom. The fourth-order valence-corrected chi connectivity index (χ4v) is 3.13. The summed E-state index contributed by atoms with van der Waals surface area (Å²) in [4.78, 5) is 23.6. The first kappa shape index (κ1) is 17.5. The molecule has 0 aliphatic carbocycles. The van der Waals surface area contributed by atoms with Crippen LogP contribution in [0.15, 0.2) is 35.3 Å². The van der Waals surface area contributed by atoms with Crippen LogP contribution in [0.5, 0.6) is 0 Å². The molecule has 2 aromatic rings. The molecule has 1 aliphatic heterocycles. The zero-order valence-corrected chi connectivity index (χ0v) is 15.2. The Morgan fingerprint density at radius 2 is 2.16 bits per heavy atom. The van der Waals surface area contributed by atoms with Gasteiger partial charge >= 0.3 is 5.97 Å². The summed E-state index contributed by atoms with van der Waals surface area (Å²) in [5.74, 6) is 0.693. The summed E-state index contributed by atoms with van der Waals surface area (Å²) in [5, 5.41) is 0. The van der Waals surface area contributed by atoms with Gasteiger partial charge in [-0.15, -0.1) is 0 Å². The molecule has 0 N–H and O–H groups in total. The molecule has 3 rings (SSSR count). The maximum atomic E-state index is 12.4. The van der Waals surface area contributed by atoms with E-state index in [4.69, 9.17) is 9.15 Å². The number of nitrogens with zero attached hydrogens (tertiary/aromatic N) is 3. The SMILES string of the molecule is CC1CN(c2nccc(-c3ccoc3)n2)CCC1C(=O)OC(C)(C)C. The largest absolute Gasteiger partial charge is 0.472 e. The zero-order valence-electron chi connectivity index (χ0n) is 15.2. The molecule has 0 amide bonds. The van der Waals surface area contributed by atoms with Crippen molar-refractivity contribution in [3.05, 3.63) is 30.9 Å². The number of carbonyl (C=O) groups excluding carboxylic acids is 1. The number of hydrogen-bond donors (Lipinski definition) is 0. The molecule has 2 aromatic heterocycles. The summed E-state index contributed by atoms with van der Waals surface area (Å²) in [6, 6.07) is 3.74. The number of piperidine rings is 1. The Morgan fingerprint density at radius 1 is 1.36 bits per heavy atom. The van der Waals surface area contributed by atoms with Gasteiger partial charge < -0.3 is 14.1 Å². The fraction of sp³-hybridized carbons (Fsp3) is 0.526. The summed E-state index contributed by atoms with van der Waals surface area (Å²) < 4.78 is 10.7. The van der Waals surface area contributed by atoms with E-state index in [0.717, 1.165) is 30.8 Å². The highest BCUT2D eigenvalue weighted by atomic mass is 16.6. The summed E-state index contributed by atoms with van der Waals surface area (Å²) in [6.45, 7) is 9.27. The van der Waals surface area contributed by atoms with Crippen LogP contribution in [0.3, 0.4) is 0 Å². The highest BCUT2D eigenvalue weighted by Gasteiger charge is 2.35. The maximum absolute atomic E-state index is 12.4. The highest BCUT2D eigenvalue weighted by Crippen LogP contribution is 2.29. The van der Waals surface area contributed by atoms with Crippen molar-refractivity contribution in [2.75, 3.05) is 18.0 Å². The van der Waals surface area contributed by atoms with Crippen molar-refractivity contribution in [2.45, 2.75) is 39.7 Å². The zero-order chi connectivity index (χ0) is 18.0. The van der Waals surface area contributed by atoms with E-state index in [1.165, 1.54) is 0 Å². The van der Waals surface area contributed by atoms with Gasteiger partial charge in [0.2, 0.25) is 5.95 Å². The monoisotopic (exact) mass is 343 g/mol. The Hall–Kier alpha value is -2.37. The first-order valence-electron chi connectivity index (χ1n) is 8.67. The highest BCUT2D eigenvalue weighted by molar-refractivity contribution is 5.73. The third-order valence-electron chi connectivity index (χ3n) is 4.36. The van der Waals surface area contributed by atoms with Crippen LogP contribution in [0, 0.1) is 11.8 Å². The van der Waals surface area contributed by atoms with Crippen LogP contribution >= 0.6 is 0 Å². The number of furan rings is 1. The summed E-state index contributed by atoms with van der Waals surface area (Å²) in [6.07, 6.45) is 5.81. The Balaban J connectivity index is 1.69. The number of ether oxygens (including phenoxy) is 1. The van der Waals surface area contributed by atoms with Crippen molar-refractivity contribution in [3.8, 4) is 11.3 Å². The number of hydrogen-bond acceptors (Lipinski definition) is 6. The second-order valence-electron chi connectivity index (χ2n) is 7.61. The molecule has 1 aliphatic rings. The first-order chi connectivity index (χ1) is 11.8. The standard InChI is InChI=1S/C19H25N3O3/c1-13-11-22(9-6-15(13)17(23)25-19(2,3)4)18-20-8-5-16(21-18)14-7-10-24-12-14/h5,7-8,10,12-13,15H,6,9,11H2,1-4H3. The third kappa shape index (κ3) is 4.18. The molecule has 1 fully saturated rings. The van der Waals surface area contributed by atoms with E-state index < -0.39 is 5.60 Å². The van der Waals surface area contributed by atoms with E-state index in [0.29, 0.717) is 5.95 Å². The number of rotatable bonds is 3. The van der Waals surface area contributed by atoms with Gasteiger partial charge in [0.05, 0.1) is 24.1 Å². The molecule has 0 bridgehead atoms. The van der Waals surface area contributed by atoms with Crippen LogP contribution < -0.4 is 4.90 Å². The quantitative estimate of drug-likeness (QED) is 0.794. The second kappa shape index (κ2) is 6.86. The lowest BCUT2D eigenvalue weighted by Gasteiger charge is -2.36. The molecule has 3 heterocycles. The van der Waals surface area contributed by atoms with Gasteiger partial charge in [-0.25, -0.2) is 9.97 Å². The molecular formula is C19H25N3O3. The number of carbonyl (C=O) groups is 1. The molecule has 2 unspecified atom stereocenters. The lowest BCUT2D eigenvalue weighted by Crippen LogP contribution is -2.44. The predicted octanol–water partition coefficient (Wildman–Crippen LogP) is 3.54. The molecular weight excluding hydrogens is 318 g/mol. The molecule has 6 heteroatoms. The molecule has 6 nitrogen and oxygen atoms in total. The maximum Gasteiger partial charge on any atom is 0.309 e. The van der Waals surface area contributed by atoms with Gasteiger partial charge in [-0.3, -0.25) is 4.79 Å². The van der Waals surface area contributed by atoms with Gasteiger partial charge in [0.25, 0.3) is 0 Å². The van der Waals surface area contributed by atoms with Gasteiger partial charge in [0, 0.05) is 24.8 Å². The lowest BCUT2D eigenvalue weighted by atomic mass is 9.87. The Bertz CT molecular complexity index is 722. The fourth-order valence-electron chi connectivity index (χ4n) is 3.13. The minimum Gasteiger partial charge on any atom is -0.472 e. The average Bonchev–Trinajstić information content (AvgIpc) is 3.07. The Labute approximate surface area is 148 Å². The molecule has 1 saturated heterocycles. The van der Waals surface area contributed by atoms with Crippen molar-refractivity contribution in [1.29, 1.82) is 0 Å². The molecule has 0 aromatic carbocycles. The van der Waals surface area contributed by atoms with Gasteiger partial charge in [0.15, 0.2) is 0 Å². The van der Waals surface area contributed by atoms with Crippen molar-refractivity contribution in [3.63, 3.8) is 0 Å². The number of esters is 1. The molecule has 0 spiro atoms. The van der Waals surface area contributed by atoms with Crippen LogP contribution in [0.2, 0.25) is 0 Å². The van der Waals surface area contributed by atoms with E-state index >= 15 is 0 Å². The van der Waals surface area contributed by atoms with Crippen LogP contribution in [0.1, 0.15) is 34.1 Å². The first-order valence-corrected chi connectivity index (χ1v) is 8.67. The van der Waals surface area contributed by atoms with Crippen LogP contribution in [-0.4, -0.2) is 34.6 Å². The van der Waals surface area contributed by atoms with Gasteiger partial charge in [-0.2, -0.15) is 0 Å². The van der Waals surface area contributed by atoms with E-state index in [1.807, 2.05) is 32.9 Å². The minimum absolute atomic E-state index is 0.0764. The lowest BCUT2D eigenvalue weighted by molar-refractivity contribution is -0.162. The summed E-state index contributed by atoms with van der Waals surface area (Å²) in [5.41, 5.74) is 1.32. The number of aromatic nitrogens is 2. The number of anilines is 1. The van der Waals surface area contributed by atoms with Gasteiger partial charge in [-0.1, -0.05) is 6.92 Å². The van der Waals surface area contributed by atoms with E-state index in [1.54, 1.807) is 18.7 Å². The van der Waals surface area contributed by atoms with Crippen molar-refractivity contribution in [1.82, 2.24) is 9.97 Å². The topological polar surface area (TPSA) is 68.5 Å². The summed E-state index contributed by atoms with van der Waals surface area (Å²) >= 11 is 0. The van der Waals surface area contributed by atoms with E-state index in [2.05, 4.69) is 21.8 Å². The molecule has 0 radical (unpaired) electrons. The normalized spacial score (nSPS) is 21.2.